The lowest BCUT2D eigenvalue weighted by atomic mass is 10.2. The minimum Gasteiger partial charge on any atom is -0.336 e. The summed E-state index contributed by atoms with van der Waals surface area (Å²) >= 11 is 1.69. The van der Waals surface area contributed by atoms with E-state index in [2.05, 4.69) is 38.0 Å². The zero-order valence-electron chi connectivity index (χ0n) is 12.6. The van der Waals surface area contributed by atoms with E-state index in [4.69, 9.17) is 0 Å². The van der Waals surface area contributed by atoms with Gasteiger partial charge in [-0.1, -0.05) is 20.8 Å². The van der Waals surface area contributed by atoms with Gasteiger partial charge >= 0.3 is 0 Å². The summed E-state index contributed by atoms with van der Waals surface area (Å²) < 4.78 is 0.0955. The van der Waals surface area contributed by atoms with Crippen LogP contribution in [0.5, 0.6) is 0 Å². The molecule has 0 saturated carbocycles. The Balaban J connectivity index is 2.12. The molecule has 1 N–H and O–H groups in total. The standard InChI is InChI=1S/C15H23N3OS/c1-11-10-18(8-7-16-11)14(19)12-5-6-17-13(9-12)20-15(2,3)4/h5-6,9,11,16H,7-8,10H2,1-4H3/t11-/m1/s1. The highest BCUT2D eigenvalue weighted by atomic mass is 32.2. The monoisotopic (exact) mass is 293 g/mol. The van der Waals surface area contributed by atoms with E-state index in [-0.39, 0.29) is 10.7 Å². The summed E-state index contributed by atoms with van der Waals surface area (Å²) in [4.78, 5) is 18.8. The third kappa shape index (κ3) is 4.21. The number of nitrogens with one attached hydrogen (secondary N) is 1. The number of thioether (sulfide) groups is 1. The molecule has 0 radical (unpaired) electrons. The van der Waals surface area contributed by atoms with E-state index in [1.807, 2.05) is 17.0 Å². The van der Waals surface area contributed by atoms with Crippen molar-refractivity contribution in [3.05, 3.63) is 23.9 Å². The molecule has 2 rings (SSSR count). The molecular weight excluding hydrogens is 270 g/mol. The van der Waals surface area contributed by atoms with Gasteiger partial charge in [-0.2, -0.15) is 0 Å². The number of hydrogen-bond acceptors (Lipinski definition) is 4. The molecule has 1 amide bonds. The van der Waals surface area contributed by atoms with Crippen molar-refractivity contribution in [1.29, 1.82) is 0 Å². The Hall–Kier alpha value is -1.07. The summed E-state index contributed by atoms with van der Waals surface area (Å²) in [5.41, 5.74) is 0.737. The van der Waals surface area contributed by atoms with Crippen LogP contribution in [0.25, 0.3) is 0 Å². The van der Waals surface area contributed by atoms with Crippen molar-refractivity contribution in [2.24, 2.45) is 0 Å². The van der Waals surface area contributed by atoms with Crippen LogP contribution < -0.4 is 5.32 Å². The molecule has 1 aromatic heterocycles. The first kappa shape index (κ1) is 15.3. The second-order valence-electron chi connectivity index (χ2n) is 6.20. The van der Waals surface area contributed by atoms with Crippen molar-refractivity contribution in [3.63, 3.8) is 0 Å². The average Bonchev–Trinajstić information content (AvgIpc) is 2.36. The third-order valence-electron chi connectivity index (χ3n) is 3.05. The summed E-state index contributed by atoms with van der Waals surface area (Å²) in [6, 6.07) is 4.07. The van der Waals surface area contributed by atoms with Crippen molar-refractivity contribution in [2.45, 2.75) is 43.5 Å². The summed E-state index contributed by atoms with van der Waals surface area (Å²) in [7, 11) is 0. The van der Waals surface area contributed by atoms with Crippen molar-refractivity contribution < 1.29 is 4.79 Å². The minimum absolute atomic E-state index is 0.0955. The van der Waals surface area contributed by atoms with E-state index in [9.17, 15) is 4.79 Å². The van der Waals surface area contributed by atoms with Gasteiger partial charge in [0.1, 0.15) is 0 Å². The van der Waals surface area contributed by atoms with E-state index in [1.54, 1.807) is 18.0 Å². The van der Waals surface area contributed by atoms with E-state index in [0.717, 1.165) is 30.2 Å². The van der Waals surface area contributed by atoms with E-state index >= 15 is 0 Å². The first-order valence-corrected chi connectivity index (χ1v) is 7.84. The van der Waals surface area contributed by atoms with Crippen LogP contribution in [0.4, 0.5) is 0 Å². The first-order valence-electron chi connectivity index (χ1n) is 7.03. The Morgan fingerprint density at radius 3 is 2.90 bits per heavy atom. The fourth-order valence-electron chi connectivity index (χ4n) is 2.21. The van der Waals surface area contributed by atoms with Crippen LogP contribution in [-0.2, 0) is 0 Å². The maximum atomic E-state index is 12.5. The fourth-order valence-corrected chi connectivity index (χ4v) is 3.14. The zero-order valence-corrected chi connectivity index (χ0v) is 13.5. The van der Waals surface area contributed by atoms with Crippen molar-refractivity contribution in [1.82, 2.24) is 15.2 Å². The minimum atomic E-state index is 0.0955. The van der Waals surface area contributed by atoms with Crippen LogP contribution in [0.1, 0.15) is 38.1 Å². The normalized spacial score (nSPS) is 20.0. The molecule has 0 bridgehead atoms. The van der Waals surface area contributed by atoms with Gasteiger partial charge in [0.2, 0.25) is 0 Å². The van der Waals surface area contributed by atoms with E-state index in [0.29, 0.717) is 6.04 Å². The third-order valence-corrected chi connectivity index (χ3v) is 4.09. The summed E-state index contributed by atoms with van der Waals surface area (Å²) in [5, 5.41) is 4.26. The quantitative estimate of drug-likeness (QED) is 0.851. The molecular formula is C15H23N3OS. The van der Waals surface area contributed by atoms with Crippen LogP contribution in [0, 0.1) is 0 Å². The lowest BCUT2D eigenvalue weighted by Crippen LogP contribution is -2.51. The molecule has 20 heavy (non-hydrogen) atoms. The zero-order chi connectivity index (χ0) is 14.8. The molecule has 1 aromatic rings. The van der Waals surface area contributed by atoms with Crippen LogP contribution in [0.2, 0.25) is 0 Å². The molecule has 1 aliphatic rings. The molecule has 0 unspecified atom stereocenters. The average molecular weight is 293 g/mol. The fraction of sp³-hybridized carbons (Fsp3) is 0.600. The van der Waals surface area contributed by atoms with Gasteiger partial charge in [-0.05, 0) is 19.1 Å². The van der Waals surface area contributed by atoms with Crippen LogP contribution in [0.3, 0.4) is 0 Å². The Labute approximate surface area is 125 Å². The van der Waals surface area contributed by atoms with Crippen molar-refractivity contribution >= 4 is 17.7 Å². The van der Waals surface area contributed by atoms with Gasteiger partial charge in [-0.25, -0.2) is 4.98 Å². The summed E-state index contributed by atoms with van der Waals surface area (Å²) in [5.74, 6) is 0.108. The highest BCUT2D eigenvalue weighted by Gasteiger charge is 2.22. The van der Waals surface area contributed by atoms with Gasteiger partial charge in [-0.3, -0.25) is 4.79 Å². The van der Waals surface area contributed by atoms with Crippen molar-refractivity contribution in [3.8, 4) is 0 Å². The molecule has 2 heterocycles. The second-order valence-corrected chi connectivity index (χ2v) is 8.05. The van der Waals surface area contributed by atoms with Crippen LogP contribution in [0.15, 0.2) is 23.4 Å². The first-order chi connectivity index (χ1) is 9.35. The van der Waals surface area contributed by atoms with Gasteiger partial charge in [0.25, 0.3) is 5.91 Å². The maximum Gasteiger partial charge on any atom is 0.254 e. The molecule has 1 fully saturated rings. The number of carbonyl (C=O) groups excluding carboxylic acids is 1. The van der Waals surface area contributed by atoms with Gasteiger partial charge in [0.15, 0.2) is 0 Å². The summed E-state index contributed by atoms with van der Waals surface area (Å²) in [6.07, 6.45) is 1.73. The number of nitrogens with zero attached hydrogens (tertiary/aromatic N) is 2. The second kappa shape index (κ2) is 6.14. The predicted octanol–water partition coefficient (Wildman–Crippen LogP) is 2.41. The number of piperazine rings is 1. The lowest BCUT2D eigenvalue weighted by molar-refractivity contribution is 0.0708. The molecule has 1 saturated heterocycles. The number of rotatable bonds is 2. The number of carbonyl (C=O) groups is 1. The molecule has 4 nitrogen and oxygen atoms in total. The lowest BCUT2D eigenvalue weighted by Gasteiger charge is -2.32. The predicted molar refractivity (Wildman–Crippen MR) is 83.2 cm³/mol. The van der Waals surface area contributed by atoms with E-state index in [1.165, 1.54) is 0 Å². The molecule has 1 atom stereocenters. The van der Waals surface area contributed by atoms with Crippen LogP contribution >= 0.6 is 11.8 Å². The van der Waals surface area contributed by atoms with Gasteiger partial charge in [0, 0.05) is 42.2 Å². The number of pyridine rings is 1. The number of amides is 1. The molecule has 0 aliphatic carbocycles. The molecule has 1 aliphatic heterocycles. The topological polar surface area (TPSA) is 45.2 Å². The van der Waals surface area contributed by atoms with E-state index < -0.39 is 0 Å². The highest BCUT2D eigenvalue weighted by Crippen LogP contribution is 2.30. The van der Waals surface area contributed by atoms with Gasteiger partial charge < -0.3 is 10.2 Å². The molecule has 0 spiro atoms. The highest BCUT2D eigenvalue weighted by molar-refractivity contribution is 8.00. The summed E-state index contributed by atoms with van der Waals surface area (Å²) in [6.45, 7) is 10.9. The number of hydrogen-bond donors (Lipinski definition) is 1. The maximum absolute atomic E-state index is 12.5. The van der Waals surface area contributed by atoms with Gasteiger partial charge in [0.05, 0.1) is 5.03 Å². The Bertz CT molecular complexity index is 484. The molecule has 0 aromatic carbocycles. The SMILES string of the molecule is C[C@@H]1CN(C(=O)c2ccnc(SC(C)(C)C)c2)CCN1. The van der Waals surface area contributed by atoms with Gasteiger partial charge in [-0.15, -0.1) is 11.8 Å². The Morgan fingerprint density at radius 2 is 2.25 bits per heavy atom. The Kier molecular flexibility index (Phi) is 4.70. The molecule has 5 heteroatoms. The smallest absolute Gasteiger partial charge is 0.254 e. The Morgan fingerprint density at radius 1 is 1.50 bits per heavy atom. The molecule has 110 valence electrons. The number of aromatic nitrogens is 1. The largest absolute Gasteiger partial charge is 0.336 e. The van der Waals surface area contributed by atoms with Crippen molar-refractivity contribution in [2.75, 3.05) is 19.6 Å². The van der Waals surface area contributed by atoms with Crippen LogP contribution in [-0.4, -0.2) is 46.2 Å².